The van der Waals surface area contributed by atoms with Crippen molar-refractivity contribution >= 4 is 28.3 Å². The molecule has 4 nitrogen and oxygen atoms in total. The zero-order valence-corrected chi connectivity index (χ0v) is 16.1. The van der Waals surface area contributed by atoms with E-state index in [0.29, 0.717) is 11.3 Å². The zero-order chi connectivity index (χ0) is 19.2. The van der Waals surface area contributed by atoms with Crippen LogP contribution >= 0.6 is 22.6 Å². The Kier molecular flexibility index (Phi) is 6.04. The van der Waals surface area contributed by atoms with Gasteiger partial charge in [0.25, 0.3) is 5.69 Å². The minimum absolute atomic E-state index is 0.000835. The largest absolute Gasteiger partial charge is 0.488 e. The zero-order valence-electron chi connectivity index (χ0n) is 14.0. The Hall–Kier alpha value is -2.92. The van der Waals surface area contributed by atoms with Crippen LogP contribution in [0.5, 0.6) is 5.75 Å². The molecule has 0 saturated carbocycles. The fourth-order valence-electron chi connectivity index (χ4n) is 2.35. The van der Waals surface area contributed by atoms with Gasteiger partial charge in [0, 0.05) is 34.9 Å². The summed E-state index contributed by atoms with van der Waals surface area (Å²) in [6.07, 6.45) is 0. The highest BCUT2D eigenvalue weighted by Crippen LogP contribution is 2.23. The summed E-state index contributed by atoms with van der Waals surface area (Å²) in [7, 11) is 0. The Bertz CT molecular complexity index is 1060. The molecule has 0 spiro atoms. The maximum Gasteiger partial charge on any atom is 0.270 e. The van der Waals surface area contributed by atoms with E-state index in [9.17, 15) is 14.5 Å². The molecule has 0 amide bonds. The highest BCUT2D eigenvalue weighted by atomic mass is 127. The Morgan fingerprint density at radius 1 is 1.04 bits per heavy atom. The van der Waals surface area contributed by atoms with Crippen LogP contribution in [0, 0.1) is 31.3 Å². The third-order valence-corrected chi connectivity index (χ3v) is 4.58. The minimum atomic E-state index is -0.451. The lowest BCUT2D eigenvalue weighted by Gasteiger charge is -2.09. The van der Waals surface area contributed by atoms with Crippen LogP contribution in [0.25, 0.3) is 0 Å². The monoisotopic (exact) mass is 473 g/mol. The number of hydrogen-bond donors (Lipinski definition) is 0. The lowest BCUT2D eigenvalue weighted by molar-refractivity contribution is -0.384. The van der Waals surface area contributed by atoms with Gasteiger partial charge in [-0.1, -0.05) is 36.1 Å². The summed E-state index contributed by atoms with van der Waals surface area (Å²) in [4.78, 5) is 10.4. The maximum atomic E-state index is 13.4. The van der Waals surface area contributed by atoms with E-state index < -0.39 is 4.92 Å². The van der Waals surface area contributed by atoms with E-state index >= 15 is 0 Å². The molecule has 3 rings (SSSR count). The number of hydrogen-bond acceptors (Lipinski definition) is 3. The Morgan fingerprint density at radius 2 is 1.85 bits per heavy atom. The molecule has 0 bridgehead atoms. The van der Waals surface area contributed by atoms with Gasteiger partial charge in [-0.2, -0.15) is 0 Å². The first kappa shape index (κ1) is 18.9. The number of halogens is 2. The summed E-state index contributed by atoms with van der Waals surface area (Å²) in [6, 6.07) is 18.0. The van der Waals surface area contributed by atoms with Crippen LogP contribution in [0.15, 0.2) is 66.7 Å². The number of rotatable bonds is 4. The van der Waals surface area contributed by atoms with E-state index in [1.54, 1.807) is 18.2 Å². The SMILES string of the molecule is O=[N+]([O-])c1cccc(C#Cc2ccccc2COc2cc(F)ccc2I)c1. The van der Waals surface area contributed by atoms with E-state index in [1.165, 1.54) is 24.3 Å². The van der Waals surface area contributed by atoms with Crippen LogP contribution in [0.1, 0.15) is 16.7 Å². The Morgan fingerprint density at radius 3 is 2.67 bits per heavy atom. The first-order valence-electron chi connectivity index (χ1n) is 7.95. The molecular weight excluding hydrogens is 460 g/mol. The predicted octanol–water partition coefficient (Wildman–Crippen LogP) is 5.32. The minimum Gasteiger partial charge on any atom is -0.488 e. The van der Waals surface area contributed by atoms with Gasteiger partial charge in [-0.15, -0.1) is 0 Å². The number of ether oxygens (including phenoxy) is 1. The summed E-state index contributed by atoms with van der Waals surface area (Å²) < 4.78 is 20.0. The van der Waals surface area contributed by atoms with Gasteiger partial charge in [0.1, 0.15) is 18.2 Å². The number of nitro benzene ring substituents is 1. The average Bonchev–Trinajstić information content (AvgIpc) is 2.68. The second kappa shape index (κ2) is 8.64. The molecule has 134 valence electrons. The Labute approximate surface area is 169 Å². The number of benzene rings is 3. The van der Waals surface area contributed by atoms with Crippen molar-refractivity contribution in [3.63, 3.8) is 0 Å². The molecule has 0 aliphatic rings. The molecule has 3 aromatic carbocycles. The fraction of sp³-hybridized carbons (Fsp3) is 0.0476. The van der Waals surface area contributed by atoms with Crippen molar-refractivity contribution in [3.8, 4) is 17.6 Å². The molecule has 0 fully saturated rings. The molecule has 0 unspecified atom stereocenters. The van der Waals surface area contributed by atoms with Gasteiger partial charge in [-0.3, -0.25) is 10.1 Å². The molecule has 0 radical (unpaired) electrons. The molecule has 6 heteroatoms. The fourth-order valence-corrected chi connectivity index (χ4v) is 2.84. The van der Waals surface area contributed by atoms with Crippen LogP contribution in [0.4, 0.5) is 10.1 Å². The van der Waals surface area contributed by atoms with Crippen LogP contribution < -0.4 is 4.74 Å². The van der Waals surface area contributed by atoms with E-state index in [0.717, 1.165) is 14.7 Å². The topological polar surface area (TPSA) is 52.4 Å². The quantitative estimate of drug-likeness (QED) is 0.223. The smallest absolute Gasteiger partial charge is 0.270 e. The van der Waals surface area contributed by atoms with Crippen LogP contribution in [0.3, 0.4) is 0 Å². The van der Waals surface area contributed by atoms with Crippen molar-refractivity contribution in [2.45, 2.75) is 6.61 Å². The van der Waals surface area contributed by atoms with Gasteiger partial charge in [0.15, 0.2) is 0 Å². The van der Waals surface area contributed by atoms with Gasteiger partial charge < -0.3 is 4.74 Å². The molecule has 3 aromatic rings. The third-order valence-electron chi connectivity index (χ3n) is 3.69. The van der Waals surface area contributed by atoms with Crippen molar-refractivity contribution in [1.29, 1.82) is 0 Å². The molecule has 0 atom stereocenters. The van der Waals surface area contributed by atoms with Crippen molar-refractivity contribution in [2.24, 2.45) is 0 Å². The van der Waals surface area contributed by atoms with Crippen molar-refractivity contribution < 1.29 is 14.1 Å². The van der Waals surface area contributed by atoms with Gasteiger partial charge in [-0.25, -0.2) is 4.39 Å². The lowest BCUT2D eigenvalue weighted by Crippen LogP contribution is -2.00. The number of non-ortho nitro benzene ring substituents is 1. The van der Waals surface area contributed by atoms with Crippen LogP contribution in [-0.4, -0.2) is 4.92 Å². The lowest BCUT2D eigenvalue weighted by atomic mass is 10.1. The van der Waals surface area contributed by atoms with Crippen LogP contribution in [-0.2, 0) is 6.61 Å². The van der Waals surface area contributed by atoms with Gasteiger partial charge >= 0.3 is 0 Å². The Balaban J connectivity index is 1.82. The molecule has 0 aromatic heterocycles. The second-order valence-corrected chi connectivity index (χ2v) is 6.74. The summed E-state index contributed by atoms with van der Waals surface area (Å²) in [5, 5.41) is 10.9. The normalized spacial score (nSPS) is 10.0. The van der Waals surface area contributed by atoms with E-state index in [1.807, 2.05) is 24.3 Å². The summed E-state index contributed by atoms with van der Waals surface area (Å²) in [6.45, 7) is 0.235. The predicted molar refractivity (Wildman–Crippen MR) is 109 cm³/mol. The second-order valence-electron chi connectivity index (χ2n) is 5.58. The highest BCUT2D eigenvalue weighted by molar-refractivity contribution is 14.1. The molecule has 27 heavy (non-hydrogen) atoms. The van der Waals surface area contributed by atoms with E-state index in [-0.39, 0.29) is 18.1 Å². The van der Waals surface area contributed by atoms with E-state index in [4.69, 9.17) is 4.74 Å². The van der Waals surface area contributed by atoms with Gasteiger partial charge in [-0.05, 0) is 46.9 Å². The molecule has 0 aliphatic heterocycles. The summed E-state index contributed by atoms with van der Waals surface area (Å²) >= 11 is 2.09. The van der Waals surface area contributed by atoms with Crippen molar-refractivity contribution in [2.75, 3.05) is 0 Å². The molecule has 0 saturated heterocycles. The maximum absolute atomic E-state index is 13.4. The van der Waals surface area contributed by atoms with Crippen molar-refractivity contribution in [1.82, 2.24) is 0 Å². The first-order valence-corrected chi connectivity index (χ1v) is 9.03. The molecular formula is C21H13FINO3. The van der Waals surface area contributed by atoms with Gasteiger partial charge in [0.05, 0.1) is 8.49 Å². The molecule has 0 N–H and O–H groups in total. The first-order chi connectivity index (χ1) is 13.0. The summed E-state index contributed by atoms with van der Waals surface area (Å²) in [5.41, 5.74) is 2.14. The molecule has 0 aliphatic carbocycles. The number of nitrogens with zero attached hydrogens (tertiary/aromatic N) is 1. The standard InChI is InChI=1S/C21H13FINO3/c22-18-10-11-20(23)21(13-18)27-14-17-6-2-1-5-16(17)9-8-15-4-3-7-19(12-15)24(25)26/h1-7,10-13H,14H2. The number of nitro groups is 1. The van der Waals surface area contributed by atoms with Crippen molar-refractivity contribution in [3.05, 3.63) is 103 Å². The average molecular weight is 473 g/mol. The van der Waals surface area contributed by atoms with Gasteiger partial charge in [0.2, 0.25) is 0 Å². The molecule has 0 heterocycles. The third kappa shape index (κ3) is 5.05. The summed E-state index contributed by atoms with van der Waals surface area (Å²) in [5.74, 6) is 6.09. The highest BCUT2D eigenvalue weighted by Gasteiger charge is 2.06. The van der Waals surface area contributed by atoms with E-state index in [2.05, 4.69) is 34.4 Å². The van der Waals surface area contributed by atoms with Crippen LogP contribution in [0.2, 0.25) is 0 Å².